The van der Waals surface area contributed by atoms with Crippen LogP contribution in [0.1, 0.15) is 32.1 Å². The van der Waals surface area contributed by atoms with Gasteiger partial charge in [0.2, 0.25) is 0 Å². The van der Waals surface area contributed by atoms with Gasteiger partial charge in [0.15, 0.2) is 5.82 Å². The van der Waals surface area contributed by atoms with Crippen molar-refractivity contribution in [3.63, 3.8) is 0 Å². The predicted octanol–water partition coefficient (Wildman–Crippen LogP) is 2.16. The molecule has 1 aliphatic carbocycles. The van der Waals surface area contributed by atoms with Crippen LogP contribution in [0.15, 0.2) is 17.2 Å². The van der Waals surface area contributed by atoms with Gasteiger partial charge in [-0.05, 0) is 12.8 Å². The first-order valence-corrected chi connectivity index (χ1v) is 7.11. The van der Waals surface area contributed by atoms with E-state index in [2.05, 4.69) is 9.88 Å². The Morgan fingerprint density at radius 1 is 1.44 bits per heavy atom. The molecule has 1 fully saturated rings. The number of hydrogen-bond acceptors (Lipinski definition) is 3. The molecule has 1 heterocycles. The lowest BCUT2D eigenvalue weighted by molar-refractivity contribution is 0.415. The maximum absolute atomic E-state index is 12.1. The number of aromatic nitrogens is 2. The average Bonchev–Trinajstić information content (AvgIpc) is 2.41. The summed E-state index contributed by atoms with van der Waals surface area (Å²) < 4.78 is 1.58. The first-order valence-electron chi connectivity index (χ1n) is 6.58. The quantitative estimate of drug-likeness (QED) is 0.786. The van der Waals surface area contributed by atoms with Crippen LogP contribution < -0.4 is 10.5 Å². The molecule has 0 saturated heterocycles. The van der Waals surface area contributed by atoms with Gasteiger partial charge in [0.1, 0.15) is 0 Å². The minimum absolute atomic E-state index is 0.0341. The summed E-state index contributed by atoms with van der Waals surface area (Å²) in [6, 6.07) is 0.417. The monoisotopic (exact) mass is 269 g/mol. The molecule has 1 saturated carbocycles. The summed E-state index contributed by atoms with van der Waals surface area (Å²) in [6.45, 7) is 0.693. The van der Waals surface area contributed by atoms with Crippen molar-refractivity contribution in [1.29, 1.82) is 0 Å². The highest BCUT2D eigenvalue weighted by Crippen LogP contribution is 2.24. The van der Waals surface area contributed by atoms with E-state index in [1.54, 1.807) is 24.0 Å². The van der Waals surface area contributed by atoms with Crippen LogP contribution in [0.25, 0.3) is 0 Å². The summed E-state index contributed by atoms with van der Waals surface area (Å²) in [5.74, 6) is 1.07. The highest BCUT2D eigenvalue weighted by molar-refractivity contribution is 6.18. The Labute approximate surface area is 113 Å². The fraction of sp³-hybridized carbons (Fsp3) is 0.692. The van der Waals surface area contributed by atoms with Crippen molar-refractivity contribution in [2.24, 2.45) is 7.05 Å². The van der Waals surface area contributed by atoms with E-state index >= 15 is 0 Å². The number of alkyl halides is 1. The van der Waals surface area contributed by atoms with Gasteiger partial charge >= 0.3 is 0 Å². The van der Waals surface area contributed by atoms with Crippen molar-refractivity contribution in [2.75, 3.05) is 17.3 Å². The Morgan fingerprint density at radius 2 is 2.17 bits per heavy atom. The lowest BCUT2D eigenvalue weighted by Crippen LogP contribution is -2.42. The van der Waals surface area contributed by atoms with E-state index < -0.39 is 0 Å². The van der Waals surface area contributed by atoms with Gasteiger partial charge in [-0.15, -0.1) is 11.6 Å². The summed E-state index contributed by atoms with van der Waals surface area (Å²) >= 11 is 5.88. The summed E-state index contributed by atoms with van der Waals surface area (Å²) in [5.41, 5.74) is -0.0341. The van der Waals surface area contributed by atoms with Crippen LogP contribution >= 0.6 is 11.6 Å². The van der Waals surface area contributed by atoms with E-state index in [1.807, 2.05) is 0 Å². The lowest BCUT2D eigenvalue weighted by atomic mass is 9.94. The maximum atomic E-state index is 12.1. The molecule has 0 amide bonds. The molecule has 0 spiro atoms. The first-order chi connectivity index (χ1) is 8.74. The third-order valence-corrected chi connectivity index (χ3v) is 3.78. The minimum Gasteiger partial charge on any atom is -0.348 e. The van der Waals surface area contributed by atoms with E-state index in [-0.39, 0.29) is 5.56 Å². The molecular formula is C13H20ClN3O. The molecule has 0 bridgehead atoms. The SMILES string of the molecule is Cn1ccnc(N(CCCl)C2CCCCC2)c1=O. The highest BCUT2D eigenvalue weighted by atomic mass is 35.5. The van der Waals surface area contributed by atoms with Gasteiger partial charge in [-0.3, -0.25) is 4.79 Å². The molecule has 0 unspecified atom stereocenters. The molecular weight excluding hydrogens is 250 g/mol. The molecule has 0 radical (unpaired) electrons. The van der Waals surface area contributed by atoms with Gasteiger partial charge in [-0.2, -0.15) is 0 Å². The zero-order valence-electron chi connectivity index (χ0n) is 10.8. The van der Waals surface area contributed by atoms with Gasteiger partial charge in [0, 0.05) is 37.9 Å². The summed E-state index contributed by atoms with van der Waals surface area (Å²) in [5, 5.41) is 0. The zero-order chi connectivity index (χ0) is 13.0. The van der Waals surface area contributed by atoms with Crippen molar-refractivity contribution in [3.8, 4) is 0 Å². The molecule has 2 rings (SSSR count). The van der Waals surface area contributed by atoms with Crippen LogP contribution in [-0.4, -0.2) is 28.0 Å². The summed E-state index contributed by atoms with van der Waals surface area (Å²) in [4.78, 5) is 18.5. The normalized spacial score (nSPS) is 16.8. The summed E-state index contributed by atoms with van der Waals surface area (Å²) in [7, 11) is 1.76. The van der Waals surface area contributed by atoms with Gasteiger partial charge in [-0.1, -0.05) is 19.3 Å². The topological polar surface area (TPSA) is 38.1 Å². The van der Waals surface area contributed by atoms with E-state index in [0.29, 0.717) is 24.3 Å². The molecule has 4 nitrogen and oxygen atoms in total. The molecule has 0 aromatic carbocycles. The van der Waals surface area contributed by atoms with E-state index in [1.165, 1.54) is 19.3 Å². The van der Waals surface area contributed by atoms with Crippen LogP contribution in [0.5, 0.6) is 0 Å². The smallest absolute Gasteiger partial charge is 0.293 e. The third kappa shape index (κ3) is 2.86. The fourth-order valence-corrected chi connectivity index (χ4v) is 2.81. The van der Waals surface area contributed by atoms with Gasteiger partial charge in [0.25, 0.3) is 5.56 Å². The average molecular weight is 270 g/mol. The van der Waals surface area contributed by atoms with Crippen LogP contribution in [0.2, 0.25) is 0 Å². The summed E-state index contributed by atoms with van der Waals surface area (Å²) in [6.07, 6.45) is 9.40. The number of aryl methyl sites for hydroxylation is 1. The van der Waals surface area contributed by atoms with Gasteiger partial charge in [-0.25, -0.2) is 4.98 Å². The Hall–Kier alpha value is -1.03. The number of rotatable bonds is 4. The van der Waals surface area contributed by atoms with E-state index in [0.717, 1.165) is 12.8 Å². The maximum Gasteiger partial charge on any atom is 0.293 e. The van der Waals surface area contributed by atoms with Gasteiger partial charge in [0.05, 0.1) is 0 Å². The lowest BCUT2D eigenvalue weighted by Gasteiger charge is -2.34. The Bertz CT molecular complexity index is 440. The molecule has 0 atom stereocenters. The predicted molar refractivity (Wildman–Crippen MR) is 74.4 cm³/mol. The number of halogens is 1. The molecule has 100 valence electrons. The van der Waals surface area contributed by atoms with Crippen LogP contribution in [0.4, 0.5) is 5.82 Å². The van der Waals surface area contributed by atoms with E-state index in [4.69, 9.17) is 11.6 Å². The molecule has 1 aromatic rings. The molecule has 1 aliphatic rings. The molecule has 0 N–H and O–H groups in total. The Morgan fingerprint density at radius 3 is 2.83 bits per heavy atom. The number of hydrogen-bond donors (Lipinski definition) is 0. The van der Waals surface area contributed by atoms with Crippen LogP contribution in [0.3, 0.4) is 0 Å². The second-order valence-electron chi connectivity index (χ2n) is 4.84. The zero-order valence-corrected chi connectivity index (χ0v) is 11.6. The van der Waals surface area contributed by atoms with Crippen LogP contribution in [0, 0.1) is 0 Å². The van der Waals surface area contributed by atoms with Crippen LogP contribution in [-0.2, 0) is 7.05 Å². The first kappa shape index (κ1) is 13.4. The van der Waals surface area contributed by atoms with Crippen molar-refractivity contribution < 1.29 is 0 Å². The third-order valence-electron chi connectivity index (χ3n) is 3.61. The van der Waals surface area contributed by atoms with Crippen molar-refractivity contribution >= 4 is 17.4 Å². The molecule has 5 heteroatoms. The Balaban J connectivity index is 2.28. The Kier molecular flexibility index (Phi) is 4.64. The van der Waals surface area contributed by atoms with Gasteiger partial charge < -0.3 is 9.47 Å². The van der Waals surface area contributed by atoms with Crippen molar-refractivity contribution in [2.45, 2.75) is 38.1 Å². The largest absolute Gasteiger partial charge is 0.348 e. The van der Waals surface area contributed by atoms with Crippen molar-refractivity contribution in [3.05, 3.63) is 22.7 Å². The highest BCUT2D eigenvalue weighted by Gasteiger charge is 2.24. The van der Waals surface area contributed by atoms with E-state index in [9.17, 15) is 4.79 Å². The number of anilines is 1. The number of nitrogens with zero attached hydrogens (tertiary/aromatic N) is 3. The fourth-order valence-electron chi connectivity index (χ4n) is 2.63. The molecule has 18 heavy (non-hydrogen) atoms. The second kappa shape index (κ2) is 6.23. The molecule has 1 aromatic heterocycles. The van der Waals surface area contributed by atoms with Crippen molar-refractivity contribution in [1.82, 2.24) is 9.55 Å². The second-order valence-corrected chi connectivity index (χ2v) is 5.22. The molecule has 0 aliphatic heterocycles. The minimum atomic E-state index is -0.0341. The standard InChI is InChI=1S/C13H20ClN3O/c1-16-10-8-15-12(13(16)18)17(9-7-14)11-5-3-2-4-6-11/h8,10-11H,2-7,9H2,1H3.